The highest BCUT2D eigenvalue weighted by Crippen LogP contribution is 2.26. The van der Waals surface area contributed by atoms with E-state index < -0.39 is 8.72 Å². The fourth-order valence-corrected chi connectivity index (χ4v) is 5.64. The van der Waals surface area contributed by atoms with Crippen molar-refractivity contribution >= 4 is 14.9 Å². The van der Waals surface area contributed by atoms with Gasteiger partial charge in [-0.25, -0.2) is 0 Å². The van der Waals surface area contributed by atoms with Crippen LogP contribution in [-0.2, 0) is 8.85 Å². The smallest absolute Gasteiger partial charge is 0.427 e. The zero-order valence-electron chi connectivity index (χ0n) is 13.0. The first-order chi connectivity index (χ1) is 10.2. The lowest BCUT2D eigenvalue weighted by atomic mass is 10.2. The molecule has 0 atom stereocenters. The molecule has 0 amide bonds. The van der Waals surface area contributed by atoms with E-state index in [1.165, 1.54) is 0 Å². The molecule has 1 fully saturated rings. The molecule has 21 heavy (non-hydrogen) atoms. The molecule has 2 rings (SSSR count). The fraction of sp³-hybridized carbons (Fsp3) is 0.533. The number of aliphatic imine (C=N–C) groups is 1. The van der Waals surface area contributed by atoms with Gasteiger partial charge in [-0.3, -0.25) is 9.56 Å². The maximum absolute atomic E-state index is 5.68. The summed E-state index contributed by atoms with van der Waals surface area (Å²) in [6, 6.07) is 8.93. The van der Waals surface area contributed by atoms with Gasteiger partial charge in [-0.1, -0.05) is 0 Å². The molecule has 0 bridgehead atoms. The lowest BCUT2D eigenvalue weighted by molar-refractivity contribution is 0.184. The predicted octanol–water partition coefficient (Wildman–Crippen LogP) is 2.05. The van der Waals surface area contributed by atoms with E-state index in [9.17, 15) is 0 Å². The number of hydrogen-bond donors (Lipinski definition) is 0. The zero-order chi connectivity index (χ0) is 15.1. The molecule has 1 aromatic carbocycles. The van der Waals surface area contributed by atoms with Crippen LogP contribution in [0.1, 0.15) is 12.0 Å². The van der Waals surface area contributed by atoms with E-state index in [2.05, 4.69) is 9.56 Å². The number of hydrogen-bond acceptors (Lipinski definition) is 5. The number of rotatable bonds is 7. The minimum atomic E-state index is -2.11. The lowest BCUT2D eigenvalue weighted by Crippen LogP contribution is -2.53. The molecule has 1 aliphatic rings. The quantitative estimate of drug-likeness (QED) is 0.571. The average Bonchev–Trinajstić information content (AvgIpc) is 2.95. The Labute approximate surface area is 127 Å². The first-order valence-electron chi connectivity index (χ1n) is 7.23. The topological polar surface area (TPSA) is 43.3 Å². The maximum atomic E-state index is 5.68. The molecule has 0 aliphatic carbocycles. The number of benzene rings is 1. The highest BCUT2D eigenvalue weighted by atomic mass is 28.4. The standard InChI is InChI=1S/C15H24N2O3Si/c1-18-15-7-5-14(6-8-15)13-16-9-11-17-10-4-12-21(17,19-2)20-3/h5-8,13H,4,9-12H2,1-3H3. The lowest BCUT2D eigenvalue weighted by Gasteiger charge is -2.31. The van der Waals surface area contributed by atoms with Gasteiger partial charge in [-0.2, -0.15) is 0 Å². The third-order valence-corrected chi connectivity index (χ3v) is 7.57. The molecule has 0 aromatic heterocycles. The Morgan fingerprint density at radius 1 is 1.19 bits per heavy atom. The van der Waals surface area contributed by atoms with E-state index >= 15 is 0 Å². The normalized spacial score (nSPS) is 18.4. The van der Waals surface area contributed by atoms with Gasteiger partial charge in [0.1, 0.15) is 5.75 Å². The van der Waals surface area contributed by atoms with Crippen LogP contribution >= 0.6 is 0 Å². The van der Waals surface area contributed by atoms with E-state index in [1.807, 2.05) is 30.5 Å². The van der Waals surface area contributed by atoms with E-state index in [0.29, 0.717) is 0 Å². The summed E-state index contributed by atoms with van der Waals surface area (Å²) < 4.78 is 18.8. The largest absolute Gasteiger partial charge is 0.497 e. The average molecular weight is 308 g/mol. The van der Waals surface area contributed by atoms with Crippen molar-refractivity contribution < 1.29 is 13.6 Å². The Morgan fingerprint density at radius 3 is 2.52 bits per heavy atom. The highest BCUT2D eigenvalue weighted by molar-refractivity contribution is 6.65. The minimum absolute atomic E-state index is 0.757. The molecule has 0 unspecified atom stereocenters. The minimum Gasteiger partial charge on any atom is -0.497 e. The van der Waals surface area contributed by atoms with Crippen LogP contribution in [0.2, 0.25) is 6.04 Å². The molecule has 1 saturated heterocycles. The van der Waals surface area contributed by atoms with Gasteiger partial charge in [-0.05, 0) is 42.8 Å². The van der Waals surface area contributed by atoms with Gasteiger partial charge in [-0.15, -0.1) is 0 Å². The van der Waals surface area contributed by atoms with Crippen LogP contribution in [-0.4, -0.2) is 60.5 Å². The molecule has 0 radical (unpaired) electrons. The first kappa shape index (κ1) is 16.2. The van der Waals surface area contributed by atoms with Crippen molar-refractivity contribution in [2.24, 2.45) is 4.99 Å². The summed E-state index contributed by atoms with van der Waals surface area (Å²) >= 11 is 0. The monoisotopic (exact) mass is 308 g/mol. The van der Waals surface area contributed by atoms with Gasteiger partial charge in [0.25, 0.3) is 0 Å². The van der Waals surface area contributed by atoms with Crippen molar-refractivity contribution in [3.8, 4) is 5.75 Å². The van der Waals surface area contributed by atoms with Gasteiger partial charge in [0.2, 0.25) is 0 Å². The molecular weight excluding hydrogens is 284 g/mol. The summed E-state index contributed by atoms with van der Waals surface area (Å²) in [5, 5.41) is 0. The Bertz CT molecular complexity index is 460. The summed E-state index contributed by atoms with van der Waals surface area (Å²) in [6.07, 6.45) is 3.05. The maximum Gasteiger partial charge on any atom is 0.427 e. The van der Waals surface area contributed by atoms with E-state index in [-0.39, 0.29) is 0 Å². The van der Waals surface area contributed by atoms with Crippen LogP contribution in [0, 0.1) is 0 Å². The summed E-state index contributed by atoms with van der Waals surface area (Å²) in [6.45, 7) is 2.69. The van der Waals surface area contributed by atoms with Gasteiger partial charge in [0.05, 0.1) is 13.7 Å². The van der Waals surface area contributed by atoms with Crippen molar-refractivity contribution in [2.45, 2.75) is 12.5 Å². The summed E-state index contributed by atoms with van der Waals surface area (Å²) in [5.41, 5.74) is 1.08. The van der Waals surface area contributed by atoms with Crippen molar-refractivity contribution in [1.82, 2.24) is 4.57 Å². The first-order valence-corrected chi connectivity index (χ1v) is 9.20. The van der Waals surface area contributed by atoms with Crippen LogP contribution in [0.5, 0.6) is 5.75 Å². The highest BCUT2D eigenvalue weighted by Gasteiger charge is 2.46. The van der Waals surface area contributed by atoms with Gasteiger partial charge < -0.3 is 13.6 Å². The Hall–Kier alpha value is -1.21. The van der Waals surface area contributed by atoms with Crippen LogP contribution in [0.25, 0.3) is 0 Å². The van der Waals surface area contributed by atoms with E-state index in [0.717, 1.165) is 43.4 Å². The van der Waals surface area contributed by atoms with Crippen LogP contribution < -0.4 is 4.74 Å². The third kappa shape index (κ3) is 3.91. The molecule has 1 heterocycles. The molecule has 116 valence electrons. The van der Waals surface area contributed by atoms with Crippen LogP contribution in [0.4, 0.5) is 0 Å². The summed E-state index contributed by atoms with van der Waals surface area (Å²) in [4.78, 5) is 4.50. The molecular formula is C15H24N2O3Si. The van der Waals surface area contributed by atoms with Crippen molar-refractivity contribution in [3.05, 3.63) is 29.8 Å². The van der Waals surface area contributed by atoms with Gasteiger partial charge in [0.15, 0.2) is 0 Å². The van der Waals surface area contributed by atoms with Gasteiger partial charge in [0, 0.05) is 33.0 Å². The van der Waals surface area contributed by atoms with Crippen molar-refractivity contribution in [1.29, 1.82) is 0 Å². The second-order valence-electron chi connectivity index (χ2n) is 5.02. The molecule has 0 spiro atoms. The Morgan fingerprint density at radius 2 is 1.90 bits per heavy atom. The SMILES string of the molecule is COc1ccc(C=NCCN2CCC[Si]2(OC)OC)cc1. The fourth-order valence-electron chi connectivity index (χ4n) is 2.69. The zero-order valence-corrected chi connectivity index (χ0v) is 14.0. The van der Waals surface area contributed by atoms with E-state index in [1.54, 1.807) is 21.3 Å². The Balaban J connectivity index is 1.84. The Kier molecular flexibility index (Phi) is 5.92. The number of ether oxygens (including phenoxy) is 1. The molecule has 1 aromatic rings. The second-order valence-corrected chi connectivity index (χ2v) is 8.39. The number of methoxy groups -OCH3 is 1. The molecule has 6 heteroatoms. The third-order valence-electron chi connectivity index (χ3n) is 3.90. The predicted molar refractivity (Wildman–Crippen MR) is 86.2 cm³/mol. The van der Waals surface area contributed by atoms with E-state index in [4.69, 9.17) is 13.6 Å². The molecule has 0 saturated carbocycles. The molecule has 5 nitrogen and oxygen atoms in total. The van der Waals surface area contributed by atoms with Crippen LogP contribution in [0.3, 0.4) is 0 Å². The van der Waals surface area contributed by atoms with Crippen molar-refractivity contribution in [3.63, 3.8) is 0 Å². The number of nitrogens with zero attached hydrogens (tertiary/aromatic N) is 2. The molecule has 1 aliphatic heterocycles. The summed E-state index contributed by atoms with van der Waals surface area (Å²) in [7, 11) is 3.08. The van der Waals surface area contributed by atoms with Gasteiger partial charge >= 0.3 is 8.72 Å². The summed E-state index contributed by atoms with van der Waals surface area (Å²) in [5.74, 6) is 0.861. The van der Waals surface area contributed by atoms with Crippen molar-refractivity contribution in [2.75, 3.05) is 41.0 Å². The second kappa shape index (κ2) is 7.70. The molecule has 0 N–H and O–H groups in total. The van der Waals surface area contributed by atoms with Crippen LogP contribution in [0.15, 0.2) is 29.3 Å².